The smallest absolute Gasteiger partial charge is 0.223 e. The predicted molar refractivity (Wildman–Crippen MR) is 99.0 cm³/mol. The van der Waals surface area contributed by atoms with Crippen LogP contribution in [0.15, 0.2) is 36.4 Å². The molecule has 128 valence electrons. The van der Waals surface area contributed by atoms with E-state index in [9.17, 15) is 4.79 Å². The molecule has 2 rings (SSSR count). The largest absolute Gasteiger partial charge is 0.493 e. The number of benzene rings is 2. The van der Waals surface area contributed by atoms with Gasteiger partial charge < -0.3 is 10.1 Å². The molecule has 3 nitrogen and oxygen atoms in total. The first kappa shape index (κ1) is 18.6. The minimum atomic E-state index is -0.192. The van der Waals surface area contributed by atoms with Crippen molar-refractivity contribution < 1.29 is 9.53 Å². The fourth-order valence-electron chi connectivity index (χ4n) is 2.36. The standard InChI is InChI=1S/C19H21Cl2NO2/c1-12-4-5-13(2)18(10-12)24-9-8-19(23)22-14(3)16-7-6-15(20)11-17(16)21/h4-7,10-11,14H,8-9H2,1-3H3,(H,22,23)/t14-/m0/s1. The Balaban J connectivity index is 1.85. The third kappa shape index (κ3) is 5.15. The molecule has 5 heteroatoms. The van der Waals surface area contributed by atoms with E-state index in [1.807, 2.05) is 45.0 Å². The maximum Gasteiger partial charge on any atom is 0.223 e. The van der Waals surface area contributed by atoms with Crippen molar-refractivity contribution in [2.75, 3.05) is 6.61 Å². The Kier molecular flexibility index (Phi) is 6.52. The monoisotopic (exact) mass is 365 g/mol. The maximum absolute atomic E-state index is 12.1. The minimum Gasteiger partial charge on any atom is -0.493 e. The molecular formula is C19H21Cl2NO2. The van der Waals surface area contributed by atoms with Crippen LogP contribution in [0.4, 0.5) is 0 Å². The highest BCUT2D eigenvalue weighted by Gasteiger charge is 2.13. The Hall–Kier alpha value is -1.71. The summed E-state index contributed by atoms with van der Waals surface area (Å²) in [7, 11) is 0. The van der Waals surface area contributed by atoms with E-state index in [4.69, 9.17) is 27.9 Å². The number of rotatable bonds is 6. The summed E-state index contributed by atoms with van der Waals surface area (Å²) in [6, 6.07) is 11.1. The summed E-state index contributed by atoms with van der Waals surface area (Å²) in [5.74, 6) is 0.732. The van der Waals surface area contributed by atoms with Crippen molar-refractivity contribution in [3.63, 3.8) is 0 Å². The molecule has 1 atom stereocenters. The summed E-state index contributed by atoms with van der Waals surface area (Å²) in [5, 5.41) is 4.04. The Morgan fingerprint density at radius 1 is 1.17 bits per heavy atom. The van der Waals surface area contributed by atoms with Crippen molar-refractivity contribution in [3.05, 3.63) is 63.1 Å². The lowest BCUT2D eigenvalue weighted by Crippen LogP contribution is -2.28. The van der Waals surface area contributed by atoms with Crippen molar-refractivity contribution in [2.45, 2.75) is 33.2 Å². The molecule has 1 N–H and O–H groups in total. The van der Waals surface area contributed by atoms with Crippen LogP contribution in [-0.4, -0.2) is 12.5 Å². The summed E-state index contributed by atoms with van der Waals surface area (Å²) < 4.78 is 5.71. The highest BCUT2D eigenvalue weighted by molar-refractivity contribution is 6.35. The van der Waals surface area contributed by atoms with Gasteiger partial charge in [-0.1, -0.05) is 41.4 Å². The Bertz CT molecular complexity index is 731. The molecule has 0 fully saturated rings. The summed E-state index contributed by atoms with van der Waals surface area (Å²) in [6.07, 6.45) is 0.281. The second-order valence-corrected chi connectivity index (χ2v) is 6.67. The molecule has 0 bridgehead atoms. The Labute approximate surface area is 152 Å². The van der Waals surface area contributed by atoms with Gasteiger partial charge in [-0.3, -0.25) is 4.79 Å². The van der Waals surface area contributed by atoms with E-state index < -0.39 is 0 Å². The van der Waals surface area contributed by atoms with Gasteiger partial charge in [-0.25, -0.2) is 0 Å². The Morgan fingerprint density at radius 2 is 1.92 bits per heavy atom. The van der Waals surface area contributed by atoms with E-state index >= 15 is 0 Å². The van der Waals surface area contributed by atoms with Crippen LogP contribution in [0.3, 0.4) is 0 Å². The second kappa shape index (κ2) is 8.41. The lowest BCUT2D eigenvalue weighted by Gasteiger charge is -2.16. The number of aryl methyl sites for hydroxylation is 2. The van der Waals surface area contributed by atoms with Crippen LogP contribution in [0.2, 0.25) is 10.0 Å². The first-order valence-electron chi connectivity index (χ1n) is 7.81. The first-order valence-corrected chi connectivity index (χ1v) is 8.57. The van der Waals surface area contributed by atoms with E-state index in [1.165, 1.54) is 0 Å². The van der Waals surface area contributed by atoms with Gasteiger partial charge in [0.1, 0.15) is 5.75 Å². The number of hydrogen-bond donors (Lipinski definition) is 1. The summed E-state index contributed by atoms with van der Waals surface area (Å²) in [5.41, 5.74) is 3.03. The maximum atomic E-state index is 12.1. The molecule has 0 aliphatic heterocycles. The van der Waals surface area contributed by atoms with E-state index in [1.54, 1.807) is 12.1 Å². The molecule has 24 heavy (non-hydrogen) atoms. The van der Waals surface area contributed by atoms with Crippen LogP contribution in [0.25, 0.3) is 0 Å². The third-order valence-electron chi connectivity index (χ3n) is 3.74. The zero-order valence-corrected chi connectivity index (χ0v) is 15.5. The normalized spacial score (nSPS) is 11.9. The quantitative estimate of drug-likeness (QED) is 0.758. The second-order valence-electron chi connectivity index (χ2n) is 5.82. The van der Waals surface area contributed by atoms with E-state index in [-0.39, 0.29) is 18.4 Å². The average Bonchev–Trinajstić information content (AvgIpc) is 2.50. The molecule has 0 saturated carbocycles. The SMILES string of the molecule is Cc1ccc(C)c(OCCC(=O)N[C@@H](C)c2ccc(Cl)cc2Cl)c1. The summed E-state index contributed by atoms with van der Waals surface area (Å²) in [4.78, 5) is 12.1. The molecule has 1 amide bonds. The van der Waals surface area contributed by atoms with Crippen molar-refractivity contribution in [2.24, 2.45) is 0 Å². The molecule has 0 spiro atoms. The average molecular weight is 366 g/mol. The minimum absolute atomic E-state index is 0.0844. The fourth-order valence-corrected chi connectivity index (χ4v) is 2.93. The van der Waals surface area contributed by atoms with Gasteiger partial charge in [0.15, 0.2) is 0 Å². The van der Waals surface area contributed by atoms with Crippen LogP contribution in [0, 0.1) is 13.8 Å². The number of halogens is 2. The fraction of sp³-hybridized carbons (Fsp3) is 0.316. The van der Waals surface area contributed by atoms with Gasteiger partial charge in [0.05, 0.1) is 19.1 Å². The molecule has 0 heterocycles. The van der Waals surface area contributed by atoms with Gasteiger partial charge in [0, 0.05) is 10.0 Å². The van der Waals surface area contributed by atoms with Gasteiger partial charge in [0.25, 0.3) is 0 Å². The zero-order chi connectivity index (χ0) is 17.7. The lowest BCUT2D eigenvalue weighted by atomic mass is 10.1. The number of ether oxygens (including phenoxy) is 1. The highest BCUT2D eigenvalue weighted by atomic mass is 35.5. The van der Waals surface area contributed by atoms with Crippen LogP contribution in [-0.2, 0) is 4.79 Å². The van der Waals surface area contributed by atoms with E-state index in [0.29, 0.717) is 16.7 Å². The number of carbonyl (C=O) groups excluding carboxylic acids is 1. The first-order chi connectivity index (χ1) is 11.4. The Morgan fingerprint density at radius 3 is 2.62 bits per heavy atom. The summed E-state index contributed by atoms with van der Waals surface area (Å²) in [6.45, 7) is 6.21. The number of hydrogen-bond acceptors (Lipinski definition) is 2. The van der Waals surface area contributed by atoms with Crippen molar-refractivity contribution >= 4 is 29.1 Å². The van der Waals surface area contributed by atoms with Gasteiger partial charge in [-0.15, -0.1) is 0 Å². The molecule has 0 radical (unpaired) electrons. The van der Waals surface area contributed by atoms with Gasteiger partial charge in [-0.05, 0) is 55.7 Å². The number of nitrogens with one attached hydrogen (secondary N) is 1. The summed E-state index contributed by atoms with van der Waals surface area (Å²) >= 11 is 12.1. The van der Waals surface area contributed by atoms with Gasteiger partial charge in [0.2, 0.25) is 5.91 Å². The highest BCUT2D eigenvalue weighted by Crippen LogP contribution is 2.26. The predicted octanol–water partition coefficient (Wildman–Crippen LogP) is 5.26. The van der Waals surface area contributed by atoms with Gasteiger partial charge in [-0.2, -0.15) is 0 Å². The van der Waals surface area contributed by atoms with E-state index in [0.717, 1.165) is 22.4 Å². The molecule has 0 aliphatic carbocycles. The van der Waals surface area contributed by atoms with Crippen molar-refractivity contribution in [1.29, 1.82) is 0 Å². The van der Waals surface area contributed by atoms with Crippen LogP contribution >= 0.6 is 23.2 Å². The van der Waals surface area contributed by atoms with Crippen molar-refractivity contribution in [1.82, 2.24) is 5.32 Å². The number of carbonyl (C=O) groups is 1. The molecule has 0 saturated heterocycles. The van der Waals surface area contributed by atoms with Crippen LogP contribution in [0.5, 0.6) is 5.75 Å². The van der Waals surface area contributed by atoms with Crippen LogP contribution in [0.1, 0.15) is 36.1 Å². The molecule has 0 unspecified atom stereocenters. The third-order valence-corrected chi connectivity index (χ3v) is 4.30. The van der Waals surface area contributed by atoms with Crippen LogP contribution < -0.4 is 10.1 Å². The van der Waals surface area contributed by atoms with E-state index in [2.05, 4.69) is 5.32 Å². The lowest BCUT2D eigenvalue weighted by molar-refractivity contribution is -0.122. The molecule has 2 aromatic rings. The van der Waals surface area contributed by atoms with Gasteiger partial charge >= 0.3 is 0 Å². The topological polar surface area (TPSA) is 38.3 Å². The molecular weight excluding hydrogens is 345 g/mol. The van der Waals surface area contributed by atoms with Crippen molar-refractivity contribution in [3.8, 4) is 5.75 Å². The number of amides is 1. The zero-order valence-electron chi connectivity index (χ0n) is 14.0. The molecule has 2 aromatic carbocycles. The molecule has 0 aromatic heterocycles. The molecule has 0 aliphatic rings.